The second-order valence-electron chi connectivity index (χ2n) is 8.03. The van der Waals surface area contributed by atoms with E-state index in [1.54, 1.807) is 24.3 Å². The van der Waals surface area contributed by atoms with Crippen molar-refractivity contribution in [2.24, 2.45) is 0 Å². The number of nitrogens with zero attached hydrogens (tertiary/aromatic N) is 2. The largest absolute Gasteiger partial charge is 0.494 e. The summed E-state index contributed by atoms with van der Waals surface area (Å²) in [6.45, 7) is 3.89. The molecule has 0 fully saturated rings. The highest BCUT2D eigenvalue weighted by atomic mass is 35.5. The summed E-state index contributed by atoms with van der Waals surface area (Å²) in [5.41, 5.74) is 3.22. The Kier molecular flexibility index (Phi) is 8.04. The number of para-hydroxylation sites is 2. The van der Waals surface area contributed by atoms with Crippen molar-refractivity contribution in [1.29, 1.82) is 0 Å². The number of halogens is 1. The molecule has 34 heavy (non-hydrogen) atoms. The molecule has 7 heteroatoms. The van der Waals surface area contributed by atoms with Crippen molar-refractivity contribution in [2.45, 2.75) is 26.3 Å². The molecular formula is C27H28ClN3O3. The number of imidazole rings is 1. The van der Waals surface area contributed by atoms with Gasteiger partial charge in [0.05, 0.1) is 17.6 Å². The minimum atomic E-state index is -0.177. The Bertz CT molecular complexity index is 1240. The van der Waals surface area contributed by atoms with Gasteiger partial charge in [-0.2, -0.15) is 0 Å². The van der Waals surface area contributed by atoms with Crippen LogP contribution in [-0.2, 0) is 17.8 Å². The fraction of sp³-hybridized carbons (Fsp3) is 0.259. The van der Waals surface area contributed by atoms with Gasteiger partial charge in [-0.25, -0.2) is 4.98 Å². The summed E-state index contributed by atoms with van der Waals surface area (Å²) in [6, 6.07) is 23.1. The predicted molar refractivity (Wildman–Crippen MR) is 135 cm³/mol. The van der Waals surface area contributed by atoms with E-state index < -0.39 is 0 Å². The summed E-state index contributed by atoms with van der Waals surface area (Å²) in [4.78, 5) is 17.0. The number of benzene rings is 3. The van der Waals surface area contributed by atoms with Crippen molar-refractivity contribution in [3.8, 4) is 11.5 Å². The first-order valence-electron chi connectivity index (χ1n) is 11.4. The van der Waals surface area contributed by atoms with Crippen LogP contribution in [0.2, 0.25) is 5.02 Å². The Morgan fingerprint density at radius 3 is 2.65 bits per heavy atom. The van der Waals surface area contributed by atoms with Gasteiger partial charge in [-0.1, -0.05) is 35.9 Å². The van der Waals surface area contributed by atoms with Crippen molar-refractivity contribution in [3.63, 3.8) is 0 Å². The molecule has 0 aliphatic rings. The lowest BCUT2D eigenvalue weighted by molar-refractivity contribution is -0.123. The number of aryl methyl sites for hydroxylation is 2. The Morgan fingerprint density at radius 2 is 1.82 bits per heavy atom. The molecule has 6 nitrogen and oxygen atoms in total. The van der Waals surface area contributed by atoms with Gasteiger partial charge in [0.15, 0.2) is 6.61 Å². The molecular weight excluding hydrogens is 450 g/mol. The molecule has 0 bridgehead atoms. The minimum Gasteiger partial charge on any atom is -0.494 e. The number of nitrogens with one attached hydrogen (secondary N) is 1. The smallest absolute Gasteiger partial charge is 0.257 e. The summed E-state index contributed by atoms with van der Waals surface area (Å²) in [5.74, 6) is 2.26. The molecule has 1 N–H and O–H groups in total. The monoisotopic (exact) mass is 477 g/mol. The number of amides is 1. The minimum absolute atomic E-state index is 0.0473. The van der Waals surface area contributed by atoms with E-state index in [1.807, 2.05) is 36.4 Å². The van der Waals surface area contributed by atoms with Gasteiger partial charge in [-0.05, 0) is 67.4 Å². The summed E-state index contributed by atoms with van der Waals surface area (Å²) in [7, 11) is 0. The third-order valence-electron chi connectivity index (χ3n) is 5.37. The summed E-state index contributed by atoms with van der Waals surface area (Å²) < 4.78 is 13.6. The summed E-state index contributed by atoms with van der Waals surface area (Å²) >= 11 is 5.87. The molecule has 1 heterocycles. The molecule has 0 radical (unpaired) electrons. The SMILES string of the molecule is Cc1cccc(OCCCn2c(CCNC(=O)COc3ccc(Cl)cc3)nc3ccccc32)c1. The quantitative estimate of drug-likeness (QED) is 0.301. The molecule has 0 spiro atoms. The number of aromatic nitrogens is 2. The van der Waals surface area contributed by atoms with Gasteiger partial charge in [-0.15, -0.1) is 0 Å². The van der Waals surface area contributed by atoms with Crippen LogP contribution in [0.5, 0.6) is 11.5 Å². The zero-order valence-corrected chi connectivity index (χ0v) is 19.9. The van der Waals surface area contributed by atoms with Gasteiger partial charge in [0.2, 0.25) is 0 Å². The van der Waals surface area contributed by atoms with E-state index in [1.165, 1.54) is 5.56 Å². The van der Waals surface area contributed by atoms with Crippen molar-refractivity contribution >= 4 is 28.5 Å². The van der Waals surface area contributed by atoms with Crippen LogP contribution in [0.15, 0.2) is 72.8 Å². The Morgan fingerprint density at radius 1 is 1.00 bits per heavy atom. The summed E-state index contributed by atoms with van der Waals surface area (Å²) in [6.07, 6.45) is 1.47. The topological polar surface area (TPSA) is 65.4 Å². The van der Waals surface area contributed by atoms with Crippen LogP contribution in [0.4, 0.5) is 0 Å². The van der Waals surface area contributed by atoms with Crippen molar-refractivity contribution in [2.75, 3.05) is 19.8 Å². The highest BCUT2D eigenvalue weighted by Gasteiger charge is 2.11. The molecule has 0 aliphatic heterocycles. The van der Waals surface area contributed by atoms with E-state index in [9.17, 15) is 4.79 Å². The van der Waals surface area contributed by atoms with Crippen molar-refractivity contribution < 1.29 is 14.3 Å². The van der Waals surface area contributed by atoms with Crippen LogP contribution < -0.4 is 14.8 Å². The van der Waals surface area contributed by atoms with Gasteiger partial charge in [0.1, 0.15) is 17.3 Å². The Labute approximate surface area is 204 Å². The zero-order valence-electron chi connectivity index (χ0n) is 19.2. The molecule has 1 aromatic heterocycles. The number of rotatable bonds is 11. The van der Waals surface area contributed by atoms with E-state index in [0.717, 1.165) is 35.6 Å². The maximum absolute atomic E-state index is 12.2. The van der Waals surface area contributed by atoms with E-state index in [-0.39, 0.29) is 12.5 Å². The van der Waals surface area contributed by atoms with E-state index in [2.05, 4.69) is 28.9 Å². The maximum Gasteiger partial charge on any atom is 0.257 e. The number of hydrogen-bond donors (Lipinski definition) is 1. The molecule has 0 atom stereocenters. The highest BCUT2D eigenvalue weighted by Crippen LogP contribution is 2.18. The van der Waals surface area contributed by atoms with Crippen LogP contribution >= 0.6 is 11.6 Å². The fourth-order valence-corrected chi connectivity index (χ4v) is 3.85. The second-order valence-corrected chi connectivity index (χ2v) is 8.47. The molecule has 176 valence electrons. The zero-order chi connectivity index (χ0) is 23.8. The lowest BCUT2D eigenvalue weighted by Gasteiger charge is -2.11. The van der Waals surface area contributed by atoms with Crippen molar-refractivity contribution in [1.82, 2.24) is 14.9 Å². The molecule has 4 aromatic rings. The molecule has 0 saturated carbocycles. The predicted octanol–water partition coefficient (Wildman–Crippen LogP) is 5.20. The van der Waals surface area contributed by atoms with Gasteiger partial charge in [-0.3, -0.25) is 4.79 Å². The third-order valence-corrected chi connectivity index (χ3v) is 5.62. The van der Waals surface area contributed by atoms with E-state index in [4.69, 9.17) is 26.1 Å². The Hall–Kier alpha value is -3.51. The fourth-order valence-electron chi connectivity index (χ4n) is 3.73. The number of carbonyl (C=O) groups excluding carboxylic acids is 1. The number of hydrogen-bond acceptors (Lipinski definition) is 4. The standard InChI is InChI=1S/C27H28ClN3O3/c1-20-6-4-7-23(18-20)33-17-5-16-31-25-9-3-2-8-24(25)30-26(31)14-15-29-27(32)19-34-22-12-10-21(28)11-13-22/h2-4,6-13,18H,5,14-17,19H2,1H3,(H,29,32). The van der Waals surface area contributed by atoms with Gasteiger partial charge in [0.25, 0.3) is 5.91 Å². The van der Waals surface area contributed by atoms with Gasteiger partial charge >= 0.3 is 0 Å². The summed E-state index contributed by atoms with van der Waals surface area (Å²) in [5, 5.41) is 3.54. The first-order chi connectivity index (χ1) is 16.6. The van der Waals surface area contributed by atoms with Crippen LogP contribution in [-0.4, -0.2) is 35.2 Å². The number of ether oxygens (including phenoxy) is 2. The average molecular weight is 478 g/mol. The van der Waals surface area contributed by atoms with Crippen LogP contribution in [0, 0.1) is 6.92 Å². The molecule has 1 amide bonds. The lowest BCUT2D eigenvalue weighted by Crippen LogP contribution is -2.31. The van der Waals surface area contributed by atoms with E-state index >= 15 is 0 Å². The van der Waals surface area contributed by atoms with Crippen LogP contribution in [0.25, 0.3) is 11.0 Å². The first-order valence-corrected chi connectivity index (χ1v) is 11.7. The second kappa shape index (κ2) is 11.6. The van der Waals surface area contributed by atoms with E-state index in [0.29, 0.717) is 30.3 Å². The number of carbonyl (C=O) groups is 1. The van der Waals surface area contributed by atoms with Crippen molar-refractivity contribution in [3.05, 3.63) is 89.2 Å². The molecule has 0 saturated heterocycles. The lowest BCUT2D eigenvalue weighted by atomic mass is 10.2. The molecule has 3 aromatic carbocycles. The normalized spacial score (nSPS) is 10.9. The van der Waals surface area contributed by atoms with Gasteiger partial charge in [0, 0.05) is 24.5 Å². The number of fused-ring (bicyclic) bond motifs is 1. The molecule has 0 aliphatic carbocycles. The maximum atomic E-state index is 12.2. The van der Waals surface area contributed by atoms with Gasteiger partial charge < -0.3 is 19.4 Å². The third kappa shape index (κ3) is 6.51. The molecule has 4 rings (SSSR count). The highest BCUT2D eigenvalue weighted by molar-refractivity contribution is 6.30. The van der Waals surface area contributed by atoms with Crippen LogP contribution in [0.3, 0.4) is 0 Å². The first kappa shape index (κ1) is 23.6. The molecule has 0 unspecified atom stereocenters. The Balaban J connectivity index is 1.29. The van der Waals surface area contributed by atoms with Crippen LogP contribution in [0.1, 0.15) is 17.8 Å². The average Bonchev–Trinajstić information content (AvgIpc) is 3.19.